The molecular weight excluding hydrogens is 264 g/mol. The van der Waals surface area contributed by atoms with Crippen LogP contribution in [0.5, 0.6) is 0 Å². The molecule has 0 aliphatic heterocycles. The molecule has 1 amide bonds. The van der Waals surface area contributed by atoms with Crippen molar-refractivity contribution < 1.29 is 4.79 Å². The molecular formula is C16H20N4O. The Hall–Kier alpha value is -2.43. The smallest absolute Gasteiger partial charge is 0.246 e. The zero-order valence-electron chi connectivity index (χ0n) is 12.6. The van der Waals surface area contributed by atoms with Crippen LogP contribution in [0, 0.1) is 6.92 Å². The van der Waals surface area contributed by atoms with Gasteiger partial charge in [-0.15, -0.1) is 0 Å². The predicted molar refractivity (Wildman–Crippen MR) is 82.0 cm³/mol. The van der Waals surface area contributed by atoms with Crippen LogP contribution in [0.1, 0.15) is 31.7 Å². The lowest BCUT2D eigenvalue weighted by atomic mass is 10.2. The van der Waals surface area contributed by atoms with Gasteiger partial charge >= 0.3 is 0 Å². The first-order valence-electron chi connectivity index (χ1n) is 7.02. The minimum absolute atomic E-state index is 0.0333. The van der Waals surface area contributed by atoms with E-state index in [4.69, 9.17) is 0 Å². The van der Waals surface area contributed by atoms with E-state index in [2.05, 4.69) is 15.3 Å². The van der Waals surface area contributed by atoms with Crippen LogP contribution in [-0.2, 0) is 11.3 Å². The van der Waals surface area contributed by atoms with Gasteiger partial charge in [-0.05, 0) is 38.0 Å². The Morgan fingerprint density at radius 1 is 1.38 bits per heavy atom. The summed E-state index contributed by atoms with van der Waals surface area (Å²) in [6.07, 6.45) is 8.13. The molecule has 0 atom stereocenters. The average molecular weight is 284 g/mol. The number of allylic oxidation sites excluding steroid dienone is 1. The summed E-state index contributed by atoms with van der Waals surface area (Å²) in [6, 6.07) is 3.85. The Morgan fingerprint density at radius 2 is 2.19 bits per heavy atom. The normalized spacial score (nSPS) is 11.5. The third-order valence-corrected chi connectivity index (χ3v) is 3.20. The van der Waals surface area contributed by atoms with Crippen molar-refractivity contribution in [2.24, 2.45) is 0 Å². The number of rotatable bonds is 5. The lowest BCUT2D eigenvalue weighted by molar-refractivity contribution is -0.117. The van der Waals surface area contributed by atoms with Gasteiger partial charge in [-0.2, -0.15) is 0 Å². The molecule has 2 rings (SSSR count). The van der Waals surface area contributed by atoms with Crippen molar-refractivity contribution in [3.8, 4) is 5.82 Å². The van der Waals surface area contributed by atoms with E-state index < -0.39 is 0 Å². The third-order valence-electron chi connectivity index (χ3n) is 3.20. The van der Waals surface area contributed by atoms with Crippen molar-refractivity contribution in [1.82, 2.24) is 19.9 Å². The third kappa shape index (κ3) is 3.78. The molecule has 0 aliphatic carbocycles. The molecule has 0 aliphatic rings. The van der Waals surface area contributed by atoms with Crippen molar-refractivity contribution in [2.75, 3.05) is 0 Å². The van der Waals surface area contributed by atoms with E-state index >= 15 is 0 Å². The Labute approximate surface area is 124 Å². The van der Waals surface area contributed by atoms with Gasteiger partial charge in [0.05, 0.1) is 0 Å². The van der Waals surface area contributed by atoms with Gasteiger partial charge in [-0.1, -0.05) is 13.0 Å². The molecule has 0 saturated heterocycles. The standard InChI is InChI=1S/C16H20N4O/c1-4-5-12(2)16(21)19-11-14-6-7-18-15(10-14)20-9-8-17-13(20)3/h5-10H,4,11H2,1-3H3,(H,19,21)/b12-5-. The monoisotopic (exact) mass is 284 g/mol. The number of carbonyl (C=O) groups excluding carboxylic acids is 1. The summed E-state index contributed by atoms with van der Waals surface area (Å²) in [7, 11) is 0. The number of aromatic nitrogens is 3. The lowest BCUT2D eigenvalue weighted by Crippen LogP contribution is -2.23. The van der Waals surface area contributed by atoms with Crippen LogP contribution in [0.4, 0.5) is 0 Å². The van der Waals surface area contributed by atoms with E-state index in [0.717, 1.165) is 29.2 Å². The molecule has 1 N–H and O–H groups in total. The summed E-state index contributed by atoms with van der Waals surface area (Å²) in [5, 5.41) is 2.91. The van der Waals surface area contributed by atoms with E-state index in [-0.39, 0.29) is 5.91 Å². The predicted octanol–water partition coefficient (Wildman–Crippen LogP) is 2.55. The number of hydrogen-bond acceptors (Lipinski definition) is 3. The van der Waals surface area contributed by atoms with Crippen molar-refractivity contribution in [3.05, 3.63) is 53.8 Å². The van der Waals surface area contributed by atoms with Gasteiger partial charge in [-0.3, -0.25) is 9.36 Å². The maximum absolute atomic E-state index is 11.9. The molecule has 5 nitrogen and oxygen atoms in total. The molecule has 110 valence electrons. The van der Waals surface area contributed by atoms with Gasteiger partial charge in [0.15, 0.2) is 0 Å². The number of nitrogens with zero attached hydrogens (tertiary/aromatic N) is 3. The Bertz CT molecular complexity index is 658. The minimum Gasteiger partial charge on any atom is -0.348 e. The second-order valence-electron chi connectivity index (χ2n) is 4.84. The number of hydrogen-bond donors (Lipinski definition) is 1. The molecule has 0 radical (unpaired) electrons. The van der Waals surface area contributed by atoms with Crippen molar-refractivity contribution in [1.29, 1.82) is 0 Å². The topological polar surface area (TPSA) is 59.8 Å². The van der Waals surface area contributed by atoms with E-state index in [1.807, 2.05) is 49.7 Å². The molecule has 21 heavy (non-hydrogen) atoms. The summed E-state index contributed by atoms with van der Waals surface area (Å²) in [5.74, 6) is 1.65. The zero-order chi connectivity index (χ0) is 15.2. The van der Waals surface area contributed by atoms with Gasteiger partial charge in [0, 0.05) is 30.7 Å². The van der Waals surface area contributed by atoms with Gasteiger partial charge in [0.1, 0.15) is 11.6 Å². The number of aryl methyl sites for hydroxylation is 1. The molecule has 2 aromatic rings. The fourth-order valence-electron chi connectivity index (χ4n) is 2.04. The van der Waals surface area contributed by atoms with Gasteiger partial charge in [0.2, 0.25) is 5.91 Å². The second kappa shape index (κ2) is 6.83. The Morgan fingerprint density at radius 3 is 2.86 bits per heavy atom. The maximum Gasteiger partial charge on any atom is 0.246 e. The zero-order valence-corrected chi connectivity index (χ0v) is 12.6. The van der Waals surface area contributed by atoms with E-state index in [1.165, 1.54) is 0 Å². The summed E-state index contributed by atoms with van der Waals surface area (Å²) < 4.78 is 1.91. The highest BCUT2D eigenvalue weighted by Gasteiger charge is 2.05. The van der Waals surface area contributed by atoms with Crippen LogP contribution < -0.4 is 5.32 Å². The first-order valence-corrected chi connectivity index (χ1v) is 7.02. The van der Waals surface area contributed by atoms with Crippen LogP contribution in [-0.4, -0.2) is 20.4 Å². The molecule has 0 fully saturated rings. The fraction of sp³-hybridized carbons (Fsp3) is 0.312. The average Bonchev–Trinajstić information content (AvgIpc) is 2.91. The number of pyridine rings is 1. The van der Waals surface area contributed by atoms with Crippen LogP contribution in [0.3, 0.4) is 0 Å². The molecule has 0 unspecified atom stereocenters. The molecule has 0 aromatic carbocycles. The quantitative estimate of drug-likeness (QED) is 0.858. The molecule has 2 aromatic heterocycles. The molecule has 0 spiro atoms. The first-order chi connectivity index (χ1) is 10.1. The SMILES string of the molecule is CC/C=C(/C)C(=O)NCc1ccnc(-n2ccnc2C)c1. The molecule has 0 bridgehead atoms. The van der Waals surface area contributed by atoms with Crippen LogP contribution >= 0.6 is 0 Å². The lowest BCUT2D eigenvalue weighted by Gasteiger charge is -2.08. The largest absolute Gasteiger partial charge is 0.348 e. The van der Waals surface area contributed by atoms with Gasteiger partial charge < -0.3 is 5.32 Å². The molecule has 0 saturated carbocycles. The summed E-state index contributed by atoms with van der Waals surface area (Å²) in [5.41, 5.74) is 1.75. The van der Waals surface area contributed by atoms with Gasteiger partial charge in [0.25, 0.3) is 0 Å². The highest BCUT2D eigenvalue weighted by atomic mass is 16.1. The highest BCUT2D eigenvalue weighted by molar-refractivity contribution is 5.92. The van der Waals surface area contributed by atoms with E-state index in [0.29, 0.717) is 6.54 Å². The highest BCUT2D eigenvalue weighted by Crippen LogP contribution is 2.09. The van der Waals surface area contributed by atoms with Gasteiger partial charge in [-0.25, -0.2) is 9.97 Å². The van der Waals surface area contributed by atoms with Crippen LogP contribution in [0.15, 0.2) is 42.4 Å². The van der Waals surface area contributed by atoms with E-state index in [9.17, 15) is 4.79 Å². The minimum atomic E-state index is -0.0333. The number of amides is 1. The molecule has 2 heterocycles. The fourth-order valence-corrected chi connectivity index (χ4v) is 2.04. The summed E-state index contributed by atoms with van der Waals surface area (Å²) >= 11 is 0. The maximum atomic E-state index is 11.9. The molecule has 5 heteroatoms. The summed E-state index contributed by atoms with van der Waals surface area (Å²) in [4.78, 5) is 20.4. The number of carbonyl (C=O) groups is 1. The number of nitrogens with one attached hydrogen (secondary N) is 1. The first kappa shape index (κ1) is 15.0. The Balaban J connectivity index is 2.07. The van der Waals surface area contributed by atoms with Crippen molar-refractivity contribution in [2.45, 2.75) is 33.7 Å². The van der Waals surface area contributed by atoms with Crippen molar-refractivity contribution >= 4 is 5.91 Å². The Kier molecular flexibility index (Phi) is 4.87. The van der Waals surface area contributed by atoms with Crippen molar-refractivity contribution in [3.63, 3.8) is 0 Å². The van der Waals surface area contributed by atoms with Crippen LogP contribution in [0.2, 0.25) is 0 Å². The second-order valence-corrected chi connectivity index (χ2v) is 4.84. The number of imidazole rings is 1. The summed E-state index contributed by atoms with van der Waals surface area (Å²) in [6.45, 7) is 6.25. The van der Waals surface area contributed by atoms with E-state index in [1.54, 1.807) is 12.4 Å². The van der Waals surface area contributed by atoms with Crippen LogP contribution in [0.25, 0.3) is 5.82 Å².